The number of anilines is 1. The van der Waals surface area contributed by atoms with Crippen molar-refractivity contribution in [2.24, 2.45) is 0 Å². The van der Waals surface area contributed by atoms with Crippen LogP contribution in [0.5, 0.6) is 0 Å². The van der Waals surface area contributed by atoms with Gasteiger partial charge in [0, 0.05) is 39.5 Å². The molecular weight excluding hydrogens is 222 g/mol. The minimum atomic E-state index is -0.285. The average molecular weight is 241 g/mol. The molecule has 1 rings (SSSR count). The number of nitrogens with one attached hydrogen (secondary N) is 1. The summed E-state index contributed by atoms with van der Waals surface area (Å²) in [7, 11) is 4.86. The Bertz CT molecular complexity index is 319. The average Bonchev–Trinajstić information content (AvgIpc) is 2.38. The van der Waals surface area contributed by atoms with Gasteiger partial charge in [0.15, 0.2) is 6.29 Å². The molecule has 0 saturated heterocycles. The van der Waals surface area contributed by atoms with E-state index in [2.05, 4.69) is 15.3 Å². The van der Waals surface area contributed by atoms with E-state index in [1.165, 1.54) is 6.33 Å². The molecule has 0 atom stereocenters. The fraction of sp³-hybridized carbons (Fsp3) is 0.636. The van der Waals surface area contributed by atoms with Crippen LogP contribution in [0, 0.1) is 0 Å². The monoisotopic (exact) mass is 241 g/mol. The Balaban J connectivity index is 2.47. The normalized spacial score (nSPS) is 10.8. The number of rotatable bonds is 8. The SMILES string of the molecule is COCCc1cc(NCC(OC)OC)ncn1. The van der Waals surface area contributed by atoms with Crippen LogP contribution in [0.3, 0.4) is 0 Å². The lowest BCUT2D eigenvalue weighted by Crippen LogP contribution is -2.24. The van der Waals surface area contributed by atoms with Crippen molar-refractivity contribution in [1.29, 1.82) is 0 Å². The van der Waals surface area contributed by atoms with Crippen LogP contribution in [0.15, 0.2) is 12.4 Å². The lowest BCUT2D eigenvalue weighted by atomic mass is 10.3. The van der Waals surface area contributed by atoms with Crippen LogP contribution in [0.4, 0.5) is 5.82 Å². The fourth-order valence-corrected chi connectivity index (χ4v) is 1.29. The van der Waals surface area contributed by atoms with Gasteiger partial charge in [-0.3, -0.25) is 0 Å². The molecule has 96 valence electrons. The van der Waals surface area contributed by atoms with Crippen molar-refractivity contribution in [3.63, 3.8) is 0 Å². The summed E-state index contributed by atoms with van der Waals surface area (Å²) in [6.07, 6.45) is 2.01. The van der Waals surface area contributed by atoms with Crippen LogP contribution in [-0.4, -0.2) is 50.7 Å². The van der Waals surface area contributed by atoms with Crippen LogP contribution < -0.4 is 5.32 Å². The largest absolute Gasteiger partial charge is 0.384 e. The highest BCUT2D eigenvalue weighted by molar-refractivity contribution is 5.34. The second kappa shape index (κ2) is 7.94. The topological polar surface area (TPSA) is 65.5 Å². The maximum absolute atomic E-state index is 5.07. The van der Waals surface area contributed by atoms with Crippen LogP contribution in [0.1, 0.15) is 5.69 Å². The summed E-state index contributed by atoms with van der Waals surface area (Å²) >= 11 is 0. The van der Waals surface area contributed by atoms with E-state index in [1.807, 2.05) is 6.07 Å². The quantitative estimate of drug-likeness (QED) is 0.676. The Hall–Kier alpha value is -1.24. The van der Waals surface area contributed by atoms with Gasteiger partial charge < -0.3 is 19.5 Å². The number of ether oxygens (including phenoxy) is 3. The molecule has 6 nitrogen and oxygen atoms in total. The van der Waals surface area contributed by atoms with E-state index < -0.39 is 0 Å². The second-order valence-electron chi connectivity index (χ2n) is 3.42. The molecule has 0 fully saturated rings. The Kier molecular flexibility index (Phi) is 6.46. The van der Waals surface area contributed by atoms with Gasteiger partial charge in [-0.05, 0) is 0 Å². The zero-order valence-electron chi connectivity index (χ0n) is 10.5. The minimum Gasteiger partial charge on any atom is -0.384 e. The maximum Gasteiger partial charge on any atom is 0.173 e. The van der Waals surface area contributed by atoms with Gasteiger partial charge in [0.25, 0.3) is 0 Å². The number of nitrogens with zero attached hydrogens (tertiary/aromatic N) is 2. The van der Waals surface area contributed by atoms with Crippen LogP contribution >= 0.6 is 0 Å². The summed E-state index contributed by atoms with van der Waals surface area (Å²) in [6.45, 7) is 1.18. The second-order valence-corrected chi connectivity index (χ2v) is 3.42. The Labute approximate surface area is 101 Å². The molecule has 17 heavy (non-hydrogen) atoms. The van der Waals surface area contributed by atoms with Gasteiger partial charge in [-0.15, -0.1) is 0 Å². The van der Waals surface area contributed by atoms with Crippen LogP contribution in [0.25, 0.3) is 0 Å². The highest BCUT2D eigenvalue weighted by atomic mass is 16.7. The van der Waals surface area contributed by atoms with E-state index >= 15 is 0 Å². The number of hydrogen-bond acceptors (Lipinski definition) is 6. The summed E-state index contributed by atoms with van der Waals surface area (Å²) in [6, 6.07) is 1.89. The van der Waals surface area contributed by atoms with E-state index in [-0.39, 0.29) is 6.29 Å². The molecule has 0 radical (unpaired) electrons. The third-order valence-corrected chi connectivity index (χ3v) is 2.26. The van der Waals surface area contributed by atoms with Gasteiger partial charge in [0.2, 0.25) is 0 Å². The molecule has 0 amide bonds. The molecule has 1 N–H and O–H groups in total. The summed E-state index contributed by atoms with van der Waals surface area (Å²) in [5.41, 5.74) is 0.940. The first-order valence-electron chi connectivity index (χ1n) is 5.39. The predicted octanol–water partition coefficient (Wildman–Crippen LogP) is 0.696. The molecule has 1 heterocycles. The van der Waals surface area contributed by atoms with Gasteiger partial charge >= 0.3 is 0 Å². The van der Waals surface area contributed by atoms with Crippen molar-refractivity contribution >= 4 is 5.82 Å². The Morgan fingerprint density at radius 2 is 2.00 bits per heavy atom. The van der Waals surface area contributed by atoms with Crippen molar-refractivity contribution in [2.45, 2.75) is 12.7 Å². The summed E-state index contributed by atoms with van der Waals surface area (Å²) < 4.78 is 15.1. The molecule has 0 spiro atoms. The molecule has 1 aromatic rings. The zero-order valence-corrected chi connectivity index (χ0v) is 10.5. The van der Waals surface area contributed by atoms with E-state index in [0.29, 0.717) is 13.2 Å². The molecule has 0 aliphatic rings. The predicted molar refractivity (Wildman–Crippen MR) is 63.9 cm³/mol. The standard InChI is InChI=1S/C11H19N3O3/c1-15-5-4-9-6-10(14-8-13-9)12-7-11(16-2)17-3/h6,8,11H,4-5,7H2,1-3H3,(H,12,13,14). The molecule has 1 aromatic heterocycles. The first-order chi connectivity index (χ1) is 8.30. The summed E-state index contributed by atoms with van der Waals surface area (Å²) in [5, 5.41) is 3.12. The highest BCUT2D eigenvalue weighted by Crippen LogP contribution is 2.05. The molecule has 0 aromatic carbocycles. The molecule has 0 aliphatic carbocycles. The number of hydrogen-bond donors (Lipinski definition) is 1. The first kappa shape index (κ1) is 13.8. The van der Waals surface area contributed by atoms with E-state index in [0.717, 1.165) is 17.9 Å². The fourth-order valence-electron chi connectivity index (χ4n) is 1.29. The number of methoxy groups -OCH3 is 3. The molecule has 6 heteroatoms. The molecule has 0 aliphatic heterocycles. The van der Waals surface area contributed by atoms with Crippen molar-refractivity contribution in [3.05, 3.63) is 18.1 Å². The molecule has 0 saturated carbocycles. The highest BCUT2D eigenvalue weighted by Gasteiger charge is 2.05. The zero-order chi connectivity index (χ0) is 12.5. The summed E-state index contributed by atoms with van der Waals surface area (Å²) in [5.74, 6) is 0.755. The molecule has 0 unspecified atom stereocenters. The third-order valence-electron chi connectivity index (χ3n) is 2.26. The molecular formula is C11H19N3O3. The van der Waals surface area contributed by atoms with Crippen molar-refractivity contribution in [2.75, 3.05) is 39.8 Å². The van der Waals surface area contributed by atoms with Crippen molar-refractivity contribution < 1.29 is 14.2 Å². The first-order valence-corrected chi connectivity index (χ1v) is 5.39. The van der Waals surface area contributed by atoms with Gasteiger partial charge in [0.1, 0.15) is 12.1 Å². The minimum absolute atomic E-state index is 0.285. The van der Waals surface area contributed by atoms with Gasteiger partial charge in [0.05, 0.1) is 13.2 Å². The lowest BCUT2D eigenvalue weighted by Gasteiger charge is -2.14. The van der Waals surface area contributed by atoms with Crippen LogP contribution in [0.2, 0.25) is 0 Å². The van der Waals surface area contributed by atoms with Gasteiger partial charge in [-0.1, -0.05) is 0 Å². The third kappa shape index (κ3) is 5.08. The maximum atomic E-state index is 5.07. The smallest absolute Gasteiger partial charge is 0.173 e. The Morgan fingerprint density at radius 3 is 2.65 bits per heavy atom. The van der Waals surface area contributed by atoms with E-state index in [9.17, 15) is 0 Å². The van der Waals surface area contributed by atoms with E-state index in [1.54, 1.807) is 21.3 Å². The Morgan fingerprint density at radius 1 is 1.24 bits per heavy atom. The van der Waals surface area contributed by atoms with Crippen molar-refractivity contribution in [1.82, 2.24) is 9.97 Å². The number of aromatic nitrogens is 2. The van der Waals surface area contributed by atoms with Gasteiger partial charge in [-0.25, -0.2) is 9.97 Å². The molecule has 0 bridgehead atoms. The van der Waals surface area contributed by atoms with E-state index in [4.69, 9.17) is 14.2 Å². The van der Waals surface area contributed by atoms with Gasteiger partial charge in [-0.2, -0.15) is 0 Å². The van der Waals surface area contributed by atoms with Crippen molar-refractivity contribution in [3.8, 4) is 0 Å². The lowest BCUT2D eigenvalue weighted by molar-refractivity contribution is -0.0914. The van der Waals surface area contributed by atoms with Crippen LogP contribution in [-0.2, 0) is 20.6 Å². The summed E-state index contributed by atoms with van der Waals surface area (Å²) in [4.78, 5) is 8.26.